The fourth-order valence-corrected chi connectivity index (χ4v) is 3.65. The molecular formula is C24H28N4O4. The third-order valence-electron chi connectivity index (χ3n) is 5.36. The van der Waals surface area contributed by atoms with E-state index in [0.29, 0.717) is 31.2 Å². The largest absolute Gasteiger partial charge is 0.493 e. The van der Waals surface area contributed by atoms with E-state index < -0.39 is 0 Å². The molecule has 4 rings (SSSR count). The van der Waals surface area contributed by atoms with E-state index in [1.54, 1.807) is 22.9 Å². The van der Waals surface area contributed by atoms with Crippen LogP contribution in [0.5, 0.6) is 11.5 Å². The molecule has 0 saturated carbocycles. The van der Waals surface area contributed by atoms with Gasteiger partial charge in [0.25, 0.3) is 0 Å². The number of ether oxygens (including phenoxy) is 3. The highest BCUT2D eigenvalue weighted by atomic mass is 16.6. The number of carbonyl (C=O) groups is 1. The van der Waals surface area contributed by atoms with Gasteiger partial charge in [-0.15, -0.1) is 0 Å². The average Bonchev–Trinajstić information content (AvgIpc) is 3.38. The minimum absolute atomic E-state index is 0.141. The predicted octanol–water partition coefficient (Wildman–Crippen LogP) is 3.26. The highest BCUT2D eigenvalue weighted by Crippen LogP contribution is 2.29. The summed E-state index contributed by atoms with van der Waals surface area (Å²) in [6.45, 7) is 2.74. The number of aromatic nitrogens is 2. The maximum Gasteiger partial charge on any atom is 0.410 e. The summed E-state index contributed by atoms with van der Waals surface area (Å²) in [6, 6.07) is 17.4. The molecular weight excluding hydrogens is 408 g/mol. The summed E-state index contributed by atoms with van der Waals surface area (Å²) in [7, 11) is 1.62. The van der Waals surface area contributed by atoms with Crippen molar-refractivity contribution in [1.29, 1.82) is 0 Å². The zero-order valence-corrected chi connectivity index (χ0v) is 18.1. The monoisotopic (exact) mass is 436 g/mol. The summed E-state index contributed by atoms with van der Waals surface area (Å²) in [5.41, 5.74) is 1.88. The number of benzene rings is 2. The Morgan fingerprint density at radius 1 is 1.16 bits per heavy atom. The normalized spacial score (nSPS) is 15.9. The molecule has 2 aromatic carbocycles. The maximum absolute atomic E-state index is 12.4. The van der Waals surface area contributed by atoms with Crippen LogP contribution >= 0.6 is 0 Å². The second-order valence-corrected chi connectivity index (χ2v) is 7.56. The SMILES string of the molecule is COc1cc(-n2cccn2)ccc1OCC[C@@H]1CN(C(=O)OCc2ccccc2)CCN1. The molecule has 32 heavy (non-hydrogen) atoms. The van der Waals surface area contributed by atoms with Crippen LogP contribution in [0.1, 0.15) is 12.0 Å². The number of nitrogens with one attached hydrogen (secondary N) is 1. The van der Waals surface area contributed by atoms with Crippen molar-refractivity contribution in [3.63, 3.8) is 0 Å². The zero-order chi connectivity index (χ0) is 22.2. The van der Waals surface area contributed by atoms with Gasteiger partial charge in [-0.25, -0.2) is 9.48 Å². The molecule has 0 bridgehead atoms. The van der Waals surface area contributed by atoms with Crippen molar-refractivity contribution >= 4 is 6.09 Å². The molecule has 1 amide bonds. The summed E-state index contributed by atoms with van der Waals surface area (Å²) >= 11 is 0. The minimum Gasteiger partial charge on any atom is -0.493 e. The van der Waals surface area contributed by atoms with Crippen LogP contribution in [-0.4, -0.2) is 60.2 Å². The minimum atomic E-state index is -0.280. The second kappa shape index (κ2) is 10.7. The molecule has 0 spiro atoms. The summed E-state index contributed by atoms with van der Waals surface area (Å²) in [6.07, 6.45) is 4.08. The van der Waals surface area contributed by atoms with Crippen molar-refractivity contribution in [3.05, 3.63) is 72.6 Å². The van der Waals surface area contributed by atoms with Crippen molar-refractivity contribution in [2.45, 2.75) is 19.1 Å². The number of hydrogen-bond acceptors (Lipinski definition) is 6. The van der Waals surface area contributed by atoms with Gasteiger partial charge in [0.15, 0.2) is 11.5 Å². The second-order valence-electron chi connectivity index (χ2n) is 7.56. The summed E-state index contributed by atoms with van der Waals surface area (Å²) in [5, 5.41) is 7.68. The molecule has 2 heterocycles. The summed E-state index contributed by atoms with van der Waals surface area (Å²) in [5.74, 6) is 1.33. The van der Waals surface area contributed by atoms with Crippen LogP contribution in [0.2, 0.25) is 0 Å². The molecule has 0 unspecified atom stereocenters. The van der Waals surface area contributed by atoms with E-state index in [0.717, 1.165) is 24.2 Å². The predicted molar refractivity (Wildman–Crippen MR) is 120 cm³/mol. The Morgan fingerprint density at radius 2 is 2.03 bits per heavy atom. The van der Waals surface area contributed by atoms with E-state index >= 15 is 0 Å². The molecule has 8 nitrogen and oxygen atoms in total. The molecule has 3 aromatic rings. The molecule has 1 aliphatic heterocycles. The van der Waals surface area contributed by atoms with Crippen LogP contribution in [-0.2, 0) is 11.3 Å². The van der Waals surface area contributed by atoms with Gasteiger partial charge in [0.05, 0.1) is 19.4 Å². The Kier molecular flexibility index (Phi) is 7.24. The van der Waals surface area contributed by atoms with Crippen molar-refractivity contribution in [1.82, 2.24) is 20.0 Å². The molecule has 1 aromatic heterocycles. The molecule has 1 aliphatic rings. The molecule has 1 saturated heterocycles. The van der Waals surface area contributed by atoms with Crippen LogP contribution in [0.3, 0.4) is 0 Å². The lowest BCUT2D eigenvalue weighted by molar-refractivity contribution is 0.0827. The van der Waals surface area contributed by atoms with Gasteiger partial charge in [0.2, 0.25) is 0 Å². The van der Waals surface area contributed by atoms with Crippen LogP contribution in [0.4, 0.5) is 4.79 Å². The van der Waals surface area contributed by atoms with E-state index in [9.17, 15) is 4.79 Å². The van der Waals surface area contributed by atoms with E-state index in [1.807, 2.05) is 60.8 Å². The highest BCUT2D eigenvalue weighted by molar-refractivity contribution is 5.67. The van der Waals surface area contributed by atoms with E-state index in [1.165, 1.54) is 0 Å². The van der Waals surface area contributed by atoms with E-state index in [2.05, 4.69) is 10.4 Å². The number of amides is 1. The molecule has 1 atom stereocenters. The van der Waals surface area contributed by atoms with Gasteiger partial charge in [0, 0.05) is 44.1 Å². The Labute approximate surface area is 187 Å². The van der Waals surface area contributed by atoms with E-state index in [4.69, 9.17) is 14.2 Å². The first-order valence-corrected chi connectivity index (χ1v) is 10.7. The highest BCUT2D eigenvalue weighted by Gasteiger charge is 2.24. The lowest BCUT2D eigenvalue weighted by atomic mass is 10.1. The number of rotatable bonds is 8. The summed E-state index contributed by atoms with van der Waals surface area (Å²) < 4.78 is 18.7. The zero-order valence-electron chi connectivity index (χ0n) is 18.1. The molecule has 1 fully saturated rings. The van der Waals surface area contributed by atoms with Gasteiger partial charge in [-0.05, 0) is 30.2 Å². The Bertz CT molecular complexity index is 994. The standard InChI is InChI=1S/C24H28N4O4/c1-30-23-16-21(28-13-5-11-26-28)8-9-22(23)31-15-10-20-17-27(14-12-25-20)24(29)32-18-19-6-3-2-4-7-19/h2-9,11,13,16,20,25H,10,12,14-15,17-18H2,1H3/t20-/m1/s1. The van der Waals surface area contributed by atoms with Crippen molar-refractivity contribution in [2.75, 3.05) is 33.4 Å². The Balaban J connectivity index is 1.25. The lowest BCUT2D eigenvalue weighted by Crippen LogP contribution is -2.53. The van der Waals surface area contributed by atoms with Crippen LogP contribution in [0.15, 0.2) is 67.0 Å². The number of methoxy groups -OCH3 is 1. The number of nitrogens with zero attached hydrogens (tertiary/aromatic N) is 3. The molecule has 1 N–H and O–H groups in total. The van der Waals surface area contributed by atoms with E-state index in [-0.39, 0.29) is 18.7 Å². The van der Waals surface area contributed by atoms with Gasteiger partial charge in [-0.3, -0.25) is 0 Å². The van der Waals surface area contributed by atoms with Gasteiger partial charge >= 0.3 is 6.09 Å². The van der Waals surface area contributed by atoms with Crippen molar-refractivity contribution in [2.24, 2.45) is 0 Å². The molecule has 0 aliphatic carbocycles. The van der Waals surface area contributed by atoms with Gasteiger partial charge in [0.1, 0.15) is 6.61 Å². The van der Waals surface area contributed by atoms with Gasteiger partial charge in [-0.2, -0.15) is 5.10 Å². The van der Waals surface area contributed by atoms with Gasteiger partial charge < -0.3 is 24.4 Å². The van der Waals surface area contributed by atoms with Gasteiger partial charge in [-0.1, -0.05) is 30.3 Å². The lowest BCUT2D eigenvalue weighted by Gasteiger charge is -2.33. The van der Waals surface area contributed by atoms with Crippen molar-refractivity contribution in [3.8, 4) is 17.2 Å². The number of piperazine rings is 1. The number of hydrogen-bond donors (Lipinski definition) is 1. The fraction of sp³-hybridized carbons (Fsp3) is 0.333. The first kappa shape index (κ1) is 21.7. The van der Waals surface area contributed by atoms with Crippen LogP contribution < -0.4 is 14.8 Å². The molecule has 8 heteroatoms. The Hall–Kier alpha value is -3.52. The Morgan fingerprint density at radius 3 is 2.81 bits per heavy atom. The third kappa shape index (κ3) is 5.59. The topological polar surface area (TPSA) is 77.9 Å². The van der Waals surface area contributed by atoms with Crippen LogP contribution in [0, 0.1) is 0 Å². The number of carbonyl (C=O) groups excluding carboxylic acids is 1. The first-order valence-electron chi connectivity index (χ1n) is 10.7. The fourth-order valence-electron chi connectivity index (χ4n) is 3.65. The average molecular weight is 437 g/mol. The molecule has 0 radical (unpaired) electrons. The first-order chi connectivity index (χ1) is 15.7. The summed E-state index contributed by atoms with van der Waals surface area (Å²) in [4.78, 5) is 14.2. The molecule has 168 valence electrons. The quantitative estimate of drug-likeness (QED) is 0.584. The maximum atomic E-state index is 12.4. The van der Waals surface area contributed by atoms with Crippen LogP contribution in [0.25, 0.3) is 5.69 Å². The smallest absolute Gasteiger partial charge is 0.410 e. The van der Waals surface area contributed by atoms with Crippen molar-refractivity contribution < 1.29 is 19.0 Å². The third-order valence-corrected chi connectivity index (χ3v) is 5.36.